The topological polar surface area (TPSA) is 67.4 Å². The molecule has 0 aliphatic heterocycles. The van der Waals surface area contributed by atoms with Crippen LogP contribution in [0.4, 0.5) is 0 Å². The largest absolute Gasteiger partial charge is 0.497 e. The number of carbonyl (C=O) groups excluding carboxylic acids is 2. The zero-order valence-electron chi connectivity index (χ0n) is 12.9. The van der Waals surface area contributed by atoms with E-state index in [1.165, 1.54) is 12.1 Å². The summed E-state index contributed by atoms with van der Waals surface area (Å²) in [5.41, 5.74) is 5.86. The lowest BCUT2D eigenvalue weighted by Crippen LogP contribution is -2.41. The Bertz CT molecular complexity index is 733. The Morgan fingerprint density at radius 2 is 1.75 bits per heavy atom. The predicted molar refractivity (Wildman–Crippen MR) is 93.4 cm³/mol. The van der Waals surface area contributed by atoms with Crippen LogP contribution in [0.5, 0.6) is 5.75 Å². The van der Waals surface area contributed by atoms with E-state index in [0.29, 0.717) is 11.4 Å². The normalized spacial score (nSPS) is 10.1. The van der Waals surface area contributed by atoms with Gasteiger partial charge in [0.1, 0.15) is 5.75 Å². The summed E-state index contributed by atoms with van der Waals surface area (Å²) in [6, 6.07) is 12.0. The molecule has 0 unspecified atom stereocenters. The Labute approximate surface area is 149 Å². The Balaban J connectivity index is 1.82. The fourth-order valence-electron chi connectivity index (χ4n) is 1.98. The molecular weight excluding hydrogens is 351 g/mol. The molecule has 2 aromatic carbocycles. The van der Waals surface area contributed by atoms with Gasteiger partial charge in [-0.25, -0.2) is 0 Å². The van der Waals surface area contributed by atoms with Crippen molar-refractivity contribution in [3.8, 4) is 5.75 Å². The van der Waals surface area contributed by atoms with Gasteiger partial charge in [0.15, 0.2) is 0 Å². The first-order valence-electron chi connectivity index (χ1n) is 7.17. The van der Waals surface area contributed by atoms with E-state index >= 15 is 0 Å². The average Bonchev–Trinajstić information content (AvgIpc) is 2.60. The standard InChI is InChI=1S/C17H16Cl2N2O3/c1-24-13-6-2-11(3-7-13)4-9-16(22)20-21-17(23)14-10-12(18)5-8-15(14)19/h2-3,5-8,10H,4,9H2,1H3,(H,20,22)(H,21,23). The number of hydrazine groups is 1. The molecule has 0 bridgehead atoms. The summed E-state index contributed by atoms with van der Waals surface area (Å²) in [6.45, 7) is 0. The summed E-state index contributed by atoms with van der Waals surface area (Å²) in [4.78, 5) is 23.8. The summed E-state index contributed by atoms with van der Waals surface area (Å²) >= 11 is 11.8. The van der Waals surface area contributed by atoms with Gasteiger partial charge in [0.05, 0.1) is 17.7 Å². The molecule has 7 heteroatoms. The first-order chi connectivity index (χ1) is 11.5. The number of aryl methyl sites for hydroxylation is 1. The van der Waals surface area contributed by atoms with Crippen molar-refractivity contribution in [2.24, 2.45) is 0 Å². The summed E-state index contributed by atoms with van der Waals surface area (Å²) in [5, 5.41) is 0.639. The highest BCUT2D eigenvalue weighted by molar-refractivity contribution is 6.35. The Morgan fingerprint density at radius 3 is 2.42 bits per heavy atom. The number of hydrogen-bond donors (Lipinski definition) is 2. The summed E-state index contributed by atoms with van der Waals surface area (Å²) in [7, 11) is 1.59. The second kappa shape index (κ2) is 8.57. The van der Waals surface area contributed by atoms with Crippen LogP contribution in [-0.4, -0.2) is 18.9 Å². The summed E-state index contributed by atoms with van der Waals surface area (Å²) < 4.78 is 5.07. The molecule has 2 amide bonds. The van der Waals surface area contributed by atoms with Crippen molar-refractivity contribution in [3.63, 3.8) is 0 Å². The third-order valence-electron chi connectivity index (χ3n) is 3.29. The van der Waals surface area contributed by atoms with Gasteiger partial charge in [-0.1, -0.05) is 35.3 Å². The average molecular weight is 367 g/mol. The third kappa shape index (κ3) is 5.15. The number of ether oxygens (including phenoxy) is 1. The smallest absolute Gasteiger partial charge is 0.271 e. The van der Waals surface area contributed by atoms with Crippen LogP contribution in [0, 0.1) is 0 Å². The highest BCUT2D eigenvalue weighted by atomic mass is 35.5. The van der Waals surface area contributed by atoms with E-state index in [1.54, 1.807) is 13.2 Å². The molecule has 2 rings (SSSR count). The van der Waals surface area contributed by atoms with Crippen LogP contribution < -0.4 is 15.6 Å². The number of benzene rings is 2. The number of methoxy groups -OCH3 is 1. The predicted octanol–water partition coefficient (Wildman–Crippen LogP) is 3.40. The van der Waals surface area contributed by atoms with Gasteiger partial charge in [0.25, 0.3) is 5.91 Å². The fraction of sp³-hybridized carbons (Fsp3) is 0.176. The third-order valence-corrected chi connectivity index (χ3v) is 3.85. The molecule has 2 N–H and O–H groups in total. The number of amides is 2. The van der Waals surface area contributed by atoms with E-state index in [2.05, 4.69) is 10.9 Å². The van der Waals surface area contributed by atoms with E-state index in [4.69, 9.17) is 27.9 Å². The Kier molecular flexibility index (Phi) is 6.46. The second-order valence-corrected chi connectivity index (χ2v) is 5.82. The minimum Gasteiger partial charge on any atom is -0.497 e. The van der Waals surface area contributed by atoms with Crippen molar-refractivity contribution >= 4 is 35.0 Å². The molecule has 126 valence electrons. The van der Waals surface area contributed by atoms with E-state index in [1.807, 2.05) is 24.3 Å². The first-order valence-corrected chi connectivity index (χ1v) is 7.92. The van der Waals surface area contributed by atoms with Crippen molar-refractivity contribution < 1.29 is 14.3 Å². The van der Waals surface area contributed by atoms with Gasteiger partial charge in [0.2, 0.25) is 5.91 Å². The number of nitrogens with one attached hydrogen (secondary N) is 2. The molecule has 0 radical (unpaired) electrons. The van der Waals surface area contributed by atoms with Crippen molar-refractivity contribution in [1.29, 1.82) is 0 Å². The Hall–Kier alpha value is -2.24. The monoisotopic (exact) mass is 366 g/mol. The fourth-order valence-corrected chi connectivity index (χ4v) is 2.35. The maximum atomic E-state index is 12.0. The highest BCUT2D eigenvalue weighted by Crippen LogP contribution is 2.20. The van der Waals surface area contributed by atoms with Crippen molar-refractivity contribution in [2.45, 2.75) is 12.8 Å². The highest BCUT2D eigenvalue weighted by Gasteiger charge is 2.12. The zero-order valence-corrected chi connectivity index (χ0v) is 14.4. The van der Waals surface area contributed by atoms with Crippen molar-refractivity contribution in [2.75, 3.05) is 7.11 Å². The SMILES string of the molecule is COc1ccc(CCC(=O)NNC(=O)c2cc(Cl)ccc2Cl)cc1. The van der Waals surface area contributed by atoms with Crippen LogP contribution in [0.3, 0.4) is 0 Å². The molecule has 0 aromatic heterocycles. The van der Waals surface area contributed by atoms with Gasteiger partial charge in [-0.15, -0.1) is 0 Å². The van der Waals surface area contributed by atoms with E-state index in [9.17, 15) is 9.59 Å². The minimum absolute atomic E-state index is 0.194. The molecule has 0 aliphatic carbocycles. The number of halogens is 2. The molecule has 0 atom stereocenters. The summed E-state index contributed by atoms with van der Waals surface area (Å²) in [6.07, 6.45) is 0.777. The molecular formula is C17H16Cl2N2O3. The zero-order chi connectivity index (χ0) is 17.5. The summed E-state index contributed by atoms with van der Waals surface area (Å²) in [5.74, 6) is -0.0773. The van der Waals surface area contributed by atoms with E-state index in [-0.39, 0.29) is 22.9 Å². The first kappa shape index (κ1) is 18.1. The number of carbonyl (C=O) groups is 2. The molecule has 24 heavy (non-hydrogen) atoms. The van der Waals surface area contributed by atoms with Crippen molar-refractivity contribution in [3.05, 3.63) is 63.6 Å². The molecule has 0 saturated carbocycles. The molecule has 0 spiro atoms. The molecule has 0 fully saturated rings. The molecule has 0 saturated heterocycles. The lowest BCUT2D eigenvalue weighted by atomic mass is 10.1. The van der Waals surface area contributed by atoms with Crippen LogP contribution in [0.1, 0.15) is 22.3 Å². The van der Waals surface area contributed by atoms with Gasteiger partial charge in [-0.05, 0) is 42.3 Å². The molecule has 0 heterocycles. The minimum atomic E-state index is -0.528. The molecule has 0 aliphatic rings. The van der Waals surface area contributed by atoms with Gasteiger partial charge in [-0.2, -0.15) is 0 Å². The van der Waals surface area contributed by atoms with E-state index in [0.717, 1.165) is 11.3 Å². The van der Waals surface area contributed by atoms with Crippen LogP contribution in [0.15, 0.2) is 42.5 Å². The van der Waals surface area contributed by atoms with Crippen LogP contribution in [0.25, 0.3) is 0 Å². The lowest BCUT2D eigenvalue weighted by Gasteiger charge is -2.09. The van der Waals surface area contributed by atoms with Gasteiger partial charge in [-0.3, -0.25) is 20.4 Å². The van der Waals surface area contributed by atoms with Crippen LogP contribution in [0.2, 0.25) is 10.0 Å². The maximum absolute atomic E-state index is 12.0. The number of hydrogen-bond acceptors (Lipinski definition) is 3. The van der Waals surface area contributed by atoms with Gasteiger partial charge < -0.3 is 4.74 Å². The van der Waals surface area contributed by atoms with Gasteiger partial charge >= 0.3 is 0 Å². The van der Waals surface area contributed by atoms with Gasteiger partial charge in [0, 0.05) is 11.4 Å². The molecule has 5 nitrogen and oxygen atoms in total. The van der Waals surface area contributed by atoms with Crippen LogP contribution in [-0.2, 0) is 11.2 Å². The van der Waals surface area contributed by atoms with Crippen molar-refractivity contribution in [1.82, 2.24) is 10.9 Å². The second-order valence-electron chi connectivity index (χ2n) is 4.97. The van der Waals surface area contributed by atoms with Crippen LogP contribution >= 0.6 is 23.2 Å². The maximum Gasteiger partial charge on any atom is 0.271 e. The number of rotatable bonds is 5. The lowest BCUT2D eigenvalue weighted by molar-refractivity contribution is -0.121. The Morgan fingerprint density at radius 1 is 1.04 bits per heavy atom. The quantitative estimate of drug-likeness (QED) is 0.796. The molecule has 2 aromatic rings. The van der Waals surface area contributed by atoms with E-state index < -0.39 is 5.91 Å².